The van der Waals surface area contributed by atoms with Gasteiger partial charge in [0.15, 0.2) is 18.4 Å². The molecule has 0 radical (unpaired) electrons. The molecule has 0 amide bonds. The first kappa shape index (κ1) is 33.4. The second-order valence-electron chi connectivity index (χ2n) is 13.0. The minimum Gasteiger partial charge on any atom is -0.394 e. The Labute approximate surface area is 250 Å². The number of nitrogens with two attached hydrogens (primary N) is 4. The van der Waals surface area contributed by atoms with Crippen LogP contribution in [0.5, 0.6) is 0 Å². The Bertz CT molecular complexity index is 942. The fourth-order valence-corrected chi connectivity index (χ4v) is 6.94. The lowest BCUT2D eigenvalue weighted by Gasteiger charge is -2.49. The van der Waals surface area contributed by atoms with Gasteiger partial charge in [0.1, 0.15) is 36.1 Å². The topological polar surface area (TPSA) is 283 Å². The highest BCUT2D eigenvalue weighted by molar-refractivity contribution is 5.88. The van der Waals surface area contributed by atoms with Gasteiger partial charge in [0.2, 0.25) is 0 Å². The summed E-state index contributed by atoms with van der Waals surface area (Å²) in [4.78, 5) is 13.2. The van der Waals surface area contributed by atoms with Crippen LogP contribution in [0, 0.1) is 5.92 Å². The summed E-state index contributed by atoms with van der Waals surface area (Å²) in [6, 6.07) is -2.17. The molecule has 248 valence electrons. The lowest BCUT2D eigenvalue weighted by Crippen LogP contribution is -2.67. The average Bonchev–Trinajstić information content (AvgIpc) is 2.94. The summed E-state index contributed by atoms with van der Waals surface area (Å²) in [7, 11) is 0. The highest BCUT2D eigenvalue weighted by Gasteiger charge is 2.53. The van der Waals surface area contributed by atoms with Gasteiger partial charge in [-0.25, -0.2) is 0 Å². The van der Waals surface area contributed by atoms with E-state index in [0.29, 0.717) is 6.54 Å². The van der Waals surface area contributed by atoms with Gasteiger partial charge in [0.25, 0.3) is 0 Å². The fraction of sp³-hybridized carbons (Fsp3) is 0.963. The molecule has 13 atom stereocenters. The molecule has 0 spiro atoms. The zero-order valence-electron chi connectivity index (χ0n) is 24.3. The van der Waals surface area contributed by atoms with Gasteiger partial charge in [-0.05, 0) is 38.0 Å². The van der Waals surface area contributed by atoms with Crippen LogP contribution in [0.1, 0.15) is 38.5 Å². The lowest BCUT2D eigenvalue weighted by molar-refractivity contribution is -0.318. The molecule has 5 aliphatic rings. The van der Waals surface area contributed by atoms with Gasteiger partial charge in [-0.3, -0.25) is 4.79 Å². The van der Waals surface area contributed by atoms with E-state index in [2.05, 4.69) is 10.6 Å². The Hall–Kier alpha value is -0.930. The van der Waals surface area contributed by atoms with Crippen molar-refractivity contribution in [3.05, 3.63) is 0 Å². The van der Waals surface area contributed by atoms with Crippen LogP contribution < -0.4 is 33.6 Å². The number of hydrogen-bond acceptors (Lipinski definition) is 16. The lowest BCUT2D eigenvalue weighted by atomic mass is 9.69. The standard InChI is InChI=1S/C27H50N6O10/c28-7-14-1-2-16(33-13-8-32-9-13)25(40-14)43-24-15(30)3-11(4-18(35)27(39)5-12(29)6-27)23(22(24)38)42-26-21(37)19(31)20(36)17(10-34)41-26/h11-17,19-26,32-34,36-39H,1-10,28-31H2/t11-,12?,14-,15-,16+,17+,19-,20+,21+,22+,23-,24?,25+,26+,27?/m0/s1. The minimum absolute atomic E-state index is 0.131. The number of ketones is 1. The molecule has 0 aromatic carbocycles. The summed E-state index contributed by atoms with van der Waals surface area (Å²) in [5, 5.41) is 60.0. The number of nitrogens with one attached hydrogen (secondary N) is 2. The Balaban J connectivity index is 1.35. The molecule has 0 bridgehead atoms. The van der Waals surface area contributed by atoms with E-state index in [4.69, 9.17) is 41.9 Å². The van der Waals surface area contributed by atoms with Crippen molar-refractivity contribution >= 4 is 5.78 Å². The van der Waals surface area contributed by atoms with Gasteiger partial charge in [-0.15, -0.1) is 0 Å². The highest BCUT2D eigenvalue weighted by atomic mass is 16.7. The van der Waals surface area contributed by atoms with E-state index in [1.807, 2.05) is 0 Å². The number of ether oxygens (including phenoxy) is 4. The zero-order valence-corrected chi connectivity index (χ0v) is 24.3. The largest absolute Gasteiger partial charge is 0.394 e. The molecule has 5 fully saturated rings. The third-order valence-electron chi connectivity index (χ3n) is 9.77. The summed E-state index contributed by atoms with van der Waals surface area (Å²) in [6.45, 7) is 1.34. The van der Waals surface area contributed by atoms with Crippen molar-refractivity contribution in [3.8, 4) is 0 Å². The molecule has 2 aliphatic carbocycles. The quantitative estimate of drug-likeness (QED) is 0.103. The maximum absolute atomic E-state index is 13.2. The zero-order chi connectivity index (χ0) is 31.1. The van der Waals surface area contributed by atoms with E-state index in [0.717, 1.165) is 25.9 Å². The molecule has 0 aromatic heterocycles. The predicted molar refractivity (Wildman–Crippen MR) is 150 cm³/mol. The molecule has 3 heterocycles. The Morgan fingerprint density at radius 1 is 0.977 bits per heavy atom. The second-order valence-corrected chi connectivity index (χ2v) is 13.0. The van der Waals surface area contributed by atoms with Crippen molar-refractivity contribution in [1.82, 2.24) is 10.6 Å². The molecule has 15 N–H and O–H groups in total. The van der Waals surface area contributed by atoms with Crippen LogP contribution in [0.4, 0.5) is 0 Å². The summed E-state index contributed by atoms with van der Waals surface area (Å²) < 4.78 is 24.3. The molecule has 16 nitrogen and oxygen atoms in total. The number of Topliss-reactive ketones (excluding diaryl/α,β-unsaturated/α-hetero) is 1. The van der Waals surface area contributed by atoms with Crippen molar-refractivity contribution in [3.63, 3.8) is 0 Å². The van der Waals surface area contributed by atoms with Crippen LogP contribution in [-0.4, -0.2) is 149 Å². The second kappa shape index (κ2) is 13.8. The highest BCUT2D eigenvalue weighted by Crippen LogP contribution is 2.39. The maximum atomic E-state index is 13.2. The number of hydrogen-bond donors (Lipinski definition) is 11. The van der Waals surface area contributed by atoms with Crippen LogP contribution in [0.25, 0.3) is 0 Å². The summed E-state index contributed by atoms with van der Waals surface area (Å²) in [6.07, 6.45) is -8.33. The summed E-state index contributed by atoms with van der Waals surface area (Å²) in [5.74, 6) is -1.15. The van der Waals surface area contributed by atoms with Gasteiger partial charge in [0.05, 0.1) is 30.9 Å². The monoisotopic (exact) mass is 618 g/mol. The average molecular weight is 619 g/mol. The number of aliphatic hydroxyl groups excluding tert-OH is 4. The third kappa shape index (κ3) is 7.08. The first-order valence-electron chi connectivity index (χ1n) is 15.4. The van der Waals surface area contributed by atoms with Crippen LogP contribution in [0.15, 0.2) is 0 Å². The molecule has 3 saturated heterocycles. The van der Waals surface area contributed by atoms with Crippen molar-refractivity contribution in [1.29, 1.82) is 0 Å². The molecule has 0 aromatic rings. The van der Waals surface area contributed by atoms with E-state index >= 15 is 0 Å². The molecule has 16 heteroatoms. The Kier molecular flexibility index (Phi) is 10.7. The summed E-state index contributed by atoms with van der Waals surface area (Å²) in [5.41, 5.74) is 22.7. The molecule has 3 aliphatic heterocycles. The molecular formula is C27H50N6O10. The van der Waals surface area contributed by atoms with E-state index in [1.165, 1.54) is 0 Å². The number of carbonyl (C=O) groups excluding carboxylic acids is 1. The van der Waals surface area contributed by atoms with Crippen LogP contribution in [0.3, 0.4) is 0 Å². The number of rotatable bonds is 11. The summed E-state index contributed by atoms with van der Waals surface area (Å²) >= 11 is 0. The van der Waals surface area contributed by atoms with Gasteiger partial charge >= 0.3 is 0 Å². The smallest absolute Gasteiger partial charge is 0.186 e. The van der Waals surface area contributed by atoms with E-state index < -0.39 is 85.2 Å². The van der Waals surface area contributed by atoms with E-state index in [-0.39, 0.29) is 49.9 Å². The van der Waals surface area contributed by atoms with Gasteiger partial charge in [-0.1, -0.05) is 0 Å². The van der Waals surface area contributed by atoms with Crippen molar-refractivity contribution in [2.45, 2.75) is 130 Å². The van der Waals surface area contributed by atoms with Crippen molar-refractivity contribution < 1.29 is 49.3 Å². The van der Waals surface area contributed by atoms with Crippen molar-refractivity contribution in [2.24, 2.45) is 28.9 Å². The SMILES string of the molecule is NC[C@@H]1CC[C@@H](NC2CNC2)[C@@H](OC2[C@@H](N)C[C@@H](CC(=O)C3(O)CC(N)C3)[C@H](O[C@H]3O[C@H](CO)[C@@H](O)[C@H](N)[C@H]3O)[C@H]2O)O1. The van der Waals surface area contributed by atoms with Crippen LogP contribution in [0.2, 0.25) is 0 Å². The van der Waals surface area contributed by atoms with Gasteiger partial charge in [0, 0.05) is 44.2 Å². The molecule has 43 heavy (non-hydrogen) atoms. The van der Waals surface area contributed by atoms with Crippen LogP contribution in [-0.2, 0) is 23.7 Å². The minimum atomic E-state index is -1.57. The normalized spacial score (nSPS) is 49.2. The Morgan fingerprint density at radius 3 is 2.28 bits per heavy atom. The molecule has 1 unspecified atom stereocenters. The maximum Gasteiger partial charge on any atom is 0.186 e. The Morgan fingerprint density at radius 2 is 1.67 bits per heavy atom. The van der Waals surface area contributed by atoms with E-state index in [1.54, 1.807) is 0 Å². The first-order valence-corrected chi connectivity index (χ1v) is 15.4. The number of aliphatic hydroxyl groups is 5. The van der Waals surface area contributed by atoms with E-state index in [9.17, 15) is 30.3 Å². The molecule has 5 rings (SSSR count). The molecule has 2 saturated carbocycles. The van der Waals surface area contributed by atoms with Gasteiger partial charge in [-0.2, -0.15) is 0 Å². The van der Waals surface area contributed by atoms with Crippen molar-refractivity contribution in [2.75, 3.05) is 26.2 Å². The first-order chi connectivity index (χ1) is 20.4. The third-order valence-corrected chi connectivity index (χ3v) is 9.77. The predicted octanol–water partition coefficient (Wildman–Crippen LogP) is -5.56. The van der Waals surface area contributed by atoms with Gasteiger partial charge < -0.3 is 78.0 Å². The fourth-order valence-electron chi connectivity index (χ4n) is 6.94. The molecular weight excluding hydrogens is 568 g/mol. The van der Waals surface area contributed by atoms with Crippen LogP contribution >= 0.6 is 0 Å². The number of carbonyl (C=O) groups is 1.